The molecule has 1 fully saturated rings. The Kier molecular flexibility index (Phi) is 4.77. The Balaban J connectivity index is 2.49. The van der Waals surface area contributed by atoms with Crippen LogP contribution in [-0.2, 0) is 14.3 Å². The normalized spacial score (nSPS) is 16.7. The van der Waals surface area contributed by atoms with Crippen molar-refractivity contribution in [1.29, 1.82) is 0 Å². The van der Waals surface area contributed by atoms with Crippen LogP contribution in [-0.4, -0.2) is 36.5 Å². The second kappa shape index (κ2) is 5.87. The van der Waals surface area contributed by atoms with Crippen LogP contribution in [0.1, 0.15) is 39.5 Å². The first-order chi connectivity index (χ1) is 7.60. The van der Waals surface area contributed by atoms with Gasteiger partial charge in [-0.3, -0.25) is 9.59 Å². The highest BCUT2D eigenvalue weighted by Gasteiger charge is 2.34. The molecule has 0 aromatic heterocycles. The third-order valence-corrected chi connectivity index (χ3v) is 3.12. The van der Waals surface area contributed by atoms with Gasteiger partial charge >= 0.3 is 5.97 Å². The summed E-state index contributed by atoms with van der Waals surface area (Å²) >= 11 is 0. The number of amides is 1. The van der Waals surface area contributed by atoms with Crippen molar-refractivity contribution in [3.05, 3.63) is 0 Å². The van der Waals surface area contributed by atoms with Crippen LogP contribution in [0.3, 0.4) is 0 Å². The monoisotopic (exact) mass is 227 g/mol. The van der Waals surface area contributed by atoms with Gasteiger partial charge in [0.15, 0.2) is 0 Å². The van der Waals surface area contributed by atoms with Crippen LogP contribution in [0.2, 0.25) is 0 Å². The first-order valence-corrected chi connectivity index (χ1v) is 5.97. The predicted octanol–water partition coefficient (Wildman–Crippen LogP) is 1.59. The molecule has 0 bridgehead atoms. The van der Waals surface area contributed by atoms with E-state index in [1.807, 2.05) is 11.8 Å². The van der Waals surface area contributed by atoms with E-state index in [9.17, 15) is 9.59 Å². The quantitative estimate of drug-likeness (QED) is 0.647. The molecule has 92 valence electrons. The fourth-order valence-electron chi connectivity index (χ4n) is 1.65. The van der Waals surface area contributed by atoms with Crippen molar-refractivity contribution in [3.8, 4) is 0 Å². The maximum absolute atomic E-state index is 12.0. The van der Waals surface area contributed by atoms with E-state index in [0.717, 1.165) is 19.3 Å². The van der Waals surface area contributed by atoms with E-state index in [0.29, 0.717) is 13.0 Å². The molecule has 0 aromatic rings. The van der Waals surface area contributed by atoms with E-state index in [-0.39, 0.29) is 23.8 Å². The highest BCUT2D eigenvalue weighted by atomic mass is 16.5. The van der Waals surface area contributed by atoms with Crippen LogP contribution >= 0.6 is 0 Å². The smallest absolute Gasteiger partial charge is 0.307 e. The maximum atomic E-state index is 12.0. The topological polar surface area (TPSA) is 46.6 Å². The molecule has 0 saturated heterocycles. The van der Waals surface area contributed by atoms with Gasteiger partial charge in [0.1, 0.15) is 0 Å². The lowest BCUT2D eigenvalue weighted by atomic mass is 10.2. The predicted molar refractivity (Wildman–Crippen MR) is 60.8 cm³/mol. The molecule has 1 aliphatic rings. The summed E-state index contributed by atoms with van der Waals surface area (Å²) in [6.45, 7) is 4.56. The van der Waals surface area contributed by atoms with Crippen LogP contribution in [0.5, 0.6) is 0 Å². The summed E-state index contributed by atoms with van der Waals surface area (Å²) in [6, 6.07) is 0.206. The summed E-state index contributed by atoms with van der Waals surface area (Å²) in [4.78, 5) is 24.9. The van der Waals surface area contributed by atoms with Gasteiger partial charge in [0.05, 0.1) is 13.5 Å². The lowest BCUT2D eigenvalue weighted by Gasteiger charge is -2.28. The maximum Gasteiger partial charge on any atom is 0.307 e. The Labute approximate surface area is 96.9 Å². The summed E-state index contributed by atoms with van der Waals surface area (Å²) in [5.74, 6) is 0.168. The number of methoxy groups -OCH3 is 1. The molecule has 1 rings (SSSR count). The van der Waals surface area contributed by atoms with Crippen LogP contribution < -0.4 is 0 Å². The van der Waals surface area contributed by atoms with E-state index in [1.165, 1.54) is 7.11 Å². The number of carbonyl (C=O) groups is 2. The Morgan fingerprint density at radius 2 is 2.06 bits per heavy atom. The van der Waals surface area contributed by atoms with Gasteiger partial charge in [-0.25, -0.2) is 0 Å². The van der Waals surface area contributed by atoms with Gasteiger partial charge in [-0.1, -0.05) is 6.92 Å². The average Bonchev–Trinajstić information content (AvgIpc) is 3.11. The molecular formula is C12H21NO3. The number of nitrogens with zero attached hydrogens (tertiary/aromatic N) is 1. The minimum absolute atomic E-state index is 0.206. The SMILES string of the molecule is CCC(C)N(CCC(=O)OC)C(=O)C1CC1. The zero-order valence-corrected chi connectivity index (χ0v) is 10.4. The van der Waals surface area contributed by atoms with Gasteiger partial charge in [-0.05, 0) is 26.2 Å². The molecule has 0 aromatic carbocycles. The lowest BCUT2D eigenvalue weighted by molar-refractivity contribution is -0.142. The zero-order chi connectivity index (χ0) is 12.1. The molecule has 0 aliphatic heterocycles. The van der Waals surface area contributed by atoms with Gasteiger partial charge in [0.25, 0.3) is 0 Å². The van der Waals surface area contributed by atoms with Gasteiger partial charge in [-0.15, -0.1) is 0 Å². The van der Waals surface area contributed by atoms with Gasteiger partial charge in [0, 0.05) is 18.5 Å². The van der Waals surface area contributed by atoms with Crippen LogP contribution in [0, 0.1) is 5.92 Å². The van der Waals surface area contributed by atoms with E-state index in [2.05, 4.69) is 11.7 Å². The standard InChI is InChI=1S/C12H21NO3/c1-4-9(2)13(8-7-11(14)16-3)12(15)10-5-6-10/h9-10H,4-8H2,1-3H3. The summed E-state index contributed by atoms with van der Waals surface area (Å²) in [6.07, 6.45) is 3.22. The molecule has 0 N–H and O–H groups in total. The van der Waals surface area contributed by atoms with E-state index in [4.69, 9.17) is 0 Å². The third-order valence-electron chi connectivity index (χ3n) is 3.12. The highest BCUT2D eigenvalue weighted by molar-refractivity contribution is 5.81. The Morgan fingerprint density at radius 3 is 2.50 bits per heavy atom. The van der Waals surface area contributed by atoms with Crippen molar-refractivity contribution in [3.63, 3.8) is 0 Å². The third kappa shape index (κ3) is 3.51. The first kappa shape index (κ1) is 13.0. The zero-order valence-electron chi connectivity index (χ0n) is 10.4. The largest absolute Gasteiger partial charge is 0.469 e. The van der Waals surface area contributed by atoms with Crippen molar-refractivity contribution in [1.82, 2.24) is 4.90 Å². The molecule has 1 unspecified atom stereocenters. The molecule has 16 heavy (non-hydrogen) atoms. The van der Waals surface area contributed by atoms with Crippen LogP contribution in [0.4, 0.5) is 0 Å². The van der Waals surface area contributed by atoms with Crippen molar-refractivity contribution in [2.75, 3.05) is 13.7 Å². The molecule has 4 heteroatoms. The van der Waals surface area contributed by atoms with Crippen LogP contribution in [0.25, 0.3) is 0 Å². The van der Waals surface area contributed by atoms with Crippen molar-refractivity contribution < 1.29 is 14.3 Å². The van der Waals surface area contributed by atoms with E-state index in [1.54, 1.807) is 0 Å². The van der Waals surface area contributed by atoms with Gasteiger partial charge < -0.3 is 9.64 Å². The number of carbonyl (C=O) groups excluding carboxylic acids is 2. The molecular weight excluding hydrogens is 206 g/mol. The molecule has 1 amide bonds. The average molecular weight is 227 g/mol. The van der Waals surface area contributed by atoms with Crippen LogP contribution in [0.15, 0.2) is 0 Å². The molecule has 0 radical (unpaired) electrons. The first-order valence-electron chi connectivity index (χ1n) is 5.97. The number of hydrogen-bond donors (Lipinski definition) is 0. The summed E-state index contributed by atoms with van der Waals surface area (Å²) in [5.41, 5.74) is 0. The fraction of sp³-hybridized carbons (Fsp3) is 0.833. The van der Waals surface area contributed by atoms with Gasteiger partial charge in [-0.2, -0.15) is 0 Å². The number of hydrogen-bond acceptors (Lipinski definition) is 3. The highest BCUT2D eigenvalue weighted by Crippen LogP contribution is 2.31. The van der Waals surface area contributed by atoms with E-state index < -0.39 is 0 Å². The second-order valence-electron chi connectivity index (χ2n) is 4.39. The number of esters is 1. The summed E-state index contributed by atoms with van der Waals surface area (Å²) < 4.78 is 4.59. The Bertz CT molecular complexity index is 261. The van der Waals surface area contributed by atoms with Crippen molar-refractivity contribution in [2.45, 2.75) is 45.6 Å². The lowest BCUT2D eigenvalue weighted by Crippen LogP contribution is -2.40. The molecule has 0 spiro atoms. The summed E-state index contributed by atoms with van der Waals surface area (Å²) in [7, 11) is 1.37. The molecule has 1 atom stereocenters. The molecule has 1 saturated carbocycles. The van der Waals surface area contributed by atoms with E-state index >= 15 is 0 Å². The van der Waals surface area contributed by atoms with Crippen molar-refractivity contribution >= 4 is 11.9 Å². The van der Waals surface area contributed by atoms with Crippen molar-refractivity contribution in [2.24, 2.45) is 5.92 Å². The fourth-order valence-corrected chi connectivity index (χ4v) is 1.65. The van der Waals surface area contributed by atoms with Gasteiger partial charge in [0.2, 0.25) is 5.91 Å². The Hall–Kier alpha value is -1.06. The molecule has 0 heterocycles. The number of ether oxygens (including phenoxy) is 1. The Morgan fingerprint density at radius 1 is 1.44 bits per heavy atom. The minimum atomic E-state index is -0.253. The summed E-state index contributed by atoms with van der Waals surface area (Å²) in [5, 5.41) is 0. The number of rotatable bonds is 6. The molecule has 1 aliphatic carbocycles. The second-order valence-corrected chi connectivity index (χ2v) is 4.39. The molecule has 4 nitrogen and oxygen atoms in total. The minimum Gasteiger partial charge on any atom is -0.469 e.